The molecule has 2 aromatic heterocycles. The van der Waals surface area contributed by atoms with Crippen LogP contribution in [0.1, 0.15) is 70.9 Å². The number of fused-ring (bicyclic) bond motifs is 6. The number of rotatable bonds is 12. The standard InChI is InChI=1S/C39H44N4O4/c1-7-38(8-2,24-11-15-28-30-21-26(40-5)13-17-32(30)42-34(28)19-24)46-36(44)23-37(45)47-39(9-3,10-4)25-12-16-29-31-22-27(41-6)14-18-33(31)43-35(29)20-25/h11-22,40-43H,7-10,23H2,1-6H3. The summed E-state index contributed by atoms with van der Waals surface area (Å²) in [4.78, 5) is 33.8. The van der Waals surface area contributed by atoms with Gasteiger partial charge in [-0.1, -0.05) is 52.0 Å². The van der Waals surface area contributed by atoms with Crippen molar-refractivity contribution in [1.29, 1.82) is 0 Å². The molecule has 0 aliphatic carbocycles. The summed E-state index contributed by atoms with van der Waals surface area (Å²) in [7, 11) is 3.81. The molecule has 0 bridgehead atoms. The second kappa shape index (κ2) is 12.7. The number of hydrogen-bond donors (Lipinski definition) is 4. The molecule has 6 rings (SSSR count). The molecule has 6 aromatic rings. The molecule has 0 fully saturated rings. The molecule has 2 heterocycles. The van der Waals surface area contributed by atoms with Gasteiger partial charge in [0, 0.05) is 69.1 Å². The van der Waals surface area contributed by atoms with E-state index in [4.69, 9.17) is 9.47 Å². The van der Waals surface area contributed by atoms with Gasteiger partial charge in [-0.25, -0.2) is 0 Å². The van der Waals surface area contributed by atoms with Gasteiger partial charge in [-0.05, 0) is 85.3 Å². The van der Waals surface area contributed by atoms with E-state index in [1.165, 1.54) is 0 Å². The fourth-order valence-electron chi connectivity index (χ4n) is 7.03. The maximum atomic E-state index is 13.4. The molecular formula is C39H44N4O4. The van der Waals surface area contributed by atoms with Crippen LogP contribution < -0.4 is 10.6 Å². The van der Waals surface area contributed by atoms with E-state index in [1.807, 2.05) is 66.1 Å². The third-order valence-electron chi connectivity index (χ3n) is 10.0. The number of carbonyl (C=O) groups is 2. The Labute approximate surface area is 275 Å². The smallest absolute Gasteiger partial charge is 0.318 e. The molecule has 0 radical (unpaired) electrons. The van der Waals surface area contributed by atoms with Crippen LogP contribution in [0.15, 0.2) is 72.8 Å². The largest absolute Gasteiger partial charge is 0.454 e. The van der Waals surface area contributed by atoms with E-state index < -0.39 is 29.6 Å². The molecule has 0 unspecified atom stereocenters. The fourth-order valence-corrected chi connectivity index (χ4v) is 7.03. The first-order chi connectivity index (χ1) is 22.7. The van der Waals surface area contributed by atoms with Crippen LogP contribution in [-0.4, -0.2) is 36.0 Å². The average molecular weight is 633 g/mol. The van der Waals surface area contributed by atoms with Crippen LogP contribution in [0.5, 0.6) is 0 Å². The van der Waals surface area contributed by atoms with Gasteiger partial charge in [0.1, 0.15) is 17.6 Å². The van der Waals surface area contributed by atoms with Crippen LogP contribution in [0.2, 0.25) is 0 Å². The van der Waals surface area contributed by atoms with Crippen molar-refractivity contribution in [3.05, 3.63) is 83.9 Å². The highest BCUT2D eigenvalue weighted by atomic mass is 16.6. The van der Waals surface area contributed by atoms with Crippen molar-refractivity contribution in [1.82, 2.24) is 9.97 Å². The van der Waals surface area contributed by atoms with Gasteiger partial charge in [0.15, 0.2) is 0 Å². The summed E-state index contributed by atoms with van der Waals surface area (Å²) in [6.45, 7) is 8.01. The van der Waals surface area contributed by atoms with Crippen molar-refractivity contribution < 1.29 is 19.1 Å². The third-order valence-corrected chi connectivity index (χ3v) is 10.0. The molecule has 0 spiro atoms. The molecule has 8 nitrogen and oxygen atoms in total. The molecule has 4 N–H and O–H groups in total. The minimum absolute atomic E-state index is 0.466. The number of ether oxygens (including phenoxy) is 2. The quantitative estimate of drug-likeness (QED) is 0.0791. The highest BCUT2D eigenvalue weighted by Crippen LogP contribution is 2.39. The normalized spacial score (nSPS) is 12.2. The number of benzene rings is 4. The van der Waals surface area contributed by atoms with E-state index in [-0.39, 0.29) is 0 Å². The number of nitrogens with one attached hydrogen (secondary N) is 4. The lowest BCUT2D eigenvalue weighted by Gasteiger charge is -2.34. The Bertz CT molecular complexity index is 1950. The number of hydrogen-bond acceptors (Lipinski definition) is 6. The lowest BCUT2D eigenvalue weighted by molar-refractivity contribution is -0.174. The number of esters is 2. The summed E-state index contributed by atoms with van der Waals surface area (Å²) in [5.41, 5.74) is 6.12. The van der Waals surface area contributed by atoms with E-state index in [2.05, 4.69) is 69.1 Å². The zero-order valence-electron chi connectivity index (χ0n) is 28.1. The molecule has 0 atom stereocenters. The molecule has 0 saturated heterocycles. The number of carbonyl (C=O) groups excluding carboxylic acids is 2. The maximum Gasteiger partial charge on any atom is 0.318 e. The molecule has 244 valence electrons. The Morgan fingerprint density at radius 1 is 0.553 bits per heavy atom. The van der Waals surface area contributed by atoms with Crippen LogP contribution >= 0.6 is 0 Å². The first kappa shape index (κ1) is 32.0. The van der Waals surface area contributed by atoms with Crippen LogP contribution in [-0.2, 0) is 30.3 Å². The number of H-pyrrole nitrogens is 2. The first-order valence-corrected chi connectivity index (χ1v) is 16.6. The SMILES string of the molecule is CCC(CC)(OC(=O)CC(=O)OC(CC)(CC)c1ccc2c(c1)[nH]c1ccc(NC)cc12)c1ccc2c(c1)[nH]c1ccc(NC)cc12. The molecular weight excluding hydrogens is 588 g/mol. The zero-order chi connectivity index (χ0) is 33.3. The van der Waals surface area contributed by atoms with Gasteiger partial charge < -0.3 is 30.1 Å². The topological polar surface area (TPSA) is 108 Å². The Morgan fingerprint density at radius 2 is 0.957 bits per heavy atom. The van der Waals surface area contributed by atoms with Crippen molar-refractivity contribution in [2.45, 2.75) is 71.0 Å². The Balaban J connectivity index is 1.22. The Hall–Kier alpha value is -4.98. The summed E-state index contributed by atoms with van der Waals surface area (Å²) >= 11 is 0. The summed E-state index contributed by atoms with van der Waals surface area (Å²) in [5.74, 6) is -1.19. The lowest BCUT2D eigenvalue weighted by Crippen LogP contribution is -2.35. The Morgan fingerprint density at radius 3 is 1.32 bits per heavy atom. The van der Waals surface area contributed by atoms with Crippen molar-refractivity contribution in [3.8, 4) is 0 Å². The third kappa shape index (κ3) is 5.66. The minimum atomic E-state index is -0.876. The van der Waals surface area contributed by atoms with Gasteiger partial charge in [0.2, 0.25) is 0 Å². The number of aromatic amines is 2. The minimum Gasteiger partial charge on any atom is -0.454 e. The fraction of sp³-hybridized carbons (Fsp3) is 0.333. The Kier molecular flexibility index (Phi) is 8.62. The molecule has 8 heteroatoms. The van der Waals surface area contributed by atoms with Gasteiger partial charge in [0.25, 0.3) is 0 Å². The van der Waals surface area contributed by atoms with Crippen LogP contribution in [0.25, 0.3) is 43.6 Å². The predicted octanol–water partition coefficient (Wildman–Crippen LogP) is 9.25. The molecule has 0 saturated carbocycles. The van der Waals surface area contributed by atoms with Crippen LogP contribution in [0, 0.1) is 0 Å². The van der Waals surface area contributed by atoms with Crippen molar-refractivity contribution >= 4 is 66.9 Å². The van der Waals surface area contributed by atoms with Crippen LogP contribution in [0.4, 0.5) is 11.4 Å². The monoisotopic (exact) mass is 632 g/mol. The van der Waals surface area contributed by atoms with Gasteiger partial charge in [-0.2, -0.15) is 0 Å². The van der Waals surface area contributed by atoms with Gasteiger partial charge in [-0.15, -0.1) is 0 Å². The van der Waals surface area contributed by atoms with E-state index in [9.17, 15) is 9.59 Å². The summed E-state index contributed by atoms with van der Waals surface area (Å²) in [6.07, 6.45) is 1.79. The van der Waals surface area contributed by atoms with Crippen molar-refractivity contribution in [3.63, 3.8) is 0 Å². The first-order valence-electron chi connectivity index (χ1n) is 16.6. The predicted molar refractivity (Wildman–Crippen MR) is 192 cm³/mol. The molecule has 4 aromatic carbocycles. The van der Waals surface area contributed by atoms with E-state index in [0.717, 1.165) is 66.1 Å². The zero-order valence-corrected chi connectivity index (χ0v) is 28.1. The molecule has 0 aliphatic heterocycles. The summed E-state index contributed by atoms with van der Waals surface area (Å²) in [5, 5.41) is 10.8. The maximum absolute atomic E-state index is 13.4. The molecule has 47 heavy (non-hydrogen) atoms. The number of aromatic nitrogens is 2. The molecule has 0 amide bonds. The van der Waals surface area contributed by atoms with E-state index in [0.29, 0.717) is 25.7 Å². The van der Waals surface area contributed by atoms with Crippen LogP contribution in [0.3, 0.4) is 0 Å². The van der Waals surface area contributed by atoms with E-state index >= 15 is 0 Å². The highest BCUT2D eigenvalue weighted by Gasteiger charge is 2.37. The lowest BCUT2D eigenvalue weighted by atomic mass is 9.87. The van der Waals surface area contributed by atoms with Crippen molar-refractivity contribution in [2.75, 3.05) is 24.7 Å². The van der Waals surface area contributed by atoms with Crippen molar-refractivity contribution in [2.24, 2.45) is 0 Å². The van der Waals surface area contributed by atoms with Gasteiger partial charge in [0.05, 0.1) is 0 Å². The second-order valence-electron chi connectivity index (χ2n) is 12.3. The highest BCUT2D eigenvalue weighted by molar-refractivity contribution is 6.09. The van der Waals surface area contributed by atoms with Gasteiger partial charge >= 0.3 is 11.9 Å². The second-order valence-corrected chi connectivity index (χ2v) is 12.3. The van der Waals surface area contributed by atoms with Gasteiger partial charge in [-0.3, -0.25) is 9.59 Å². The number of anilines is 2. The summed E-state index contributed by atoms with van der Waals surface area (Å²) in [6, 6.07) is 24.8. The average Bonchev–Trinajstić information content (AvgIpc) is 3.65. The summed E-state index contributed by atoms with van der Waals surface area (Å²) < 4.78 is 12.4. The van der Waals surface area contributed by atoms with E-state index in [1.54, 1.807) is 0 Å². The molecule has 0 aliphatic rings.